The van der Waals surface area contributed by atoms with Gasteiger partial charge in [0.25, 0.3) is 0 Å². The standard InChI is InChI=1S/C14H17N3O3/c1-18-10-13-15-14(20-16-13)9-17-7-12(8-17)19-11-5-3-2-4-6-11/h2-6,12H,7-10H2,1H3. The van der Waals surface area contributed by atoms with E-state index >= 15 is 0 Å². The summed E-state index contributed by atoms with van der Waals surface area (Å²) in [6.45, 7) is 2.78. The summed E-state index contributed by atoms with van der Waals surface area (Å²) in [6, 6.07) is 9.87. The molecule has 20 heavy (non-hydrogen) atoms. The Hall–Kier alpha value is -1.92. The van der Waals surface area contributed by atoms with E-state index in [1.54, 1.807) is 7.11 Å². The van der Waals surface area contributed by atoms with Crippen molar-refractivity contribution in [3.63, 3.8) is 0 Å². The van der Waals surface area contributed by atoms with Gasteiger partial charge in [0, 0.05) is 20.2 Å². The van der Waals surface area contributed by atoms with Crippen molar-refractivity contribution < 1.29 is 14.0 Å². The Morgan fingerprint density at radius 3 is 2.85 bits per heavy atom. The van der Waals surface area contributed by atoms with Gasteiger partial charge >= 0.3 is 0 Å². The minimum Gasteiger partial charge on any atom is -0.488 e. The number of hydrogen-bond donors (Lipinski definition) is 0. The maximum Gasteiger partial charge on any atom is 0.240 e. The SMILES string of the molecule is COCc1noc(CN2CC(Oc3ccccc3)C2)n1. The molecule has 0 spiro atoms. The molecule has 0 bridgehead atoms. The summed E-state index contributed by atoms with van der Waals surface area (Å²) in [4.78, 5) is 6.45. The van der Waals surface area contributed by atoms with E-state index in [-0.39, 0.29) is 6.10 Å². The molecule has 1 aromatic heterocycles. The second-order valence-corrected chi connectivity index (χ2v) is 4.78. The van der Waals surface area contributed by atoms with Crippen LogP contribution in [0.5, 0.6) is 5.75 Å². The first-order valence-corrected chi connectivity index (χ1v) is 6.58. The first kappa shape index (κ1) is 13.1. The van der Waals surface area contributed by atoms with Crippen molar-refractivity contribution in [1.29, 1.82) is 0 Å². The maximum atomic E-state index is 5.83. The van der Waals surface area contributed by atoms with Crippen molar-refractivity contribution in [2.75, 3.05) is 20.2 Å². The van der Waals surface area contributed by atoms with Gasteiger partial charge in [-0.3, -0.25) is 4.90 Å². The topological polar surface area (TPSA) is 60.6 Å². The lowest BCUT2D eigenvalue weighted by Crippen LogP contribution is -2.53. The molecule has 3 rings (SSSR count). The minimum absolute atomic E-state index is 0.235. The summed E-state index contributed by atoms with van der Waals surface area (Å²) in [6.07, 6.45) is 0.235. The Labute approximate surface area is 117 Å². The smallest absolute Gasteiger partial charge is 0.240 e. The van der Waals surface area contributed by atoms with E-state index in [9.17, 15) is 0 Å². The molecule has 1 aliphatic rings. The highest BCUT2D eigenvalue weighted by molar-refractivity contribution is 5.21. The monoisotopic (exact) mass is 275 g/mol. The summed E-state index contributed by atoms with van der Waals surface area (Å²) >= 11 is 0. The Bertz CT molecular complexity index is 538. The number of nitrogens with zero attached hydrogens (tertiary/aromatic N) is 3. The molecular weight excluding hydrogens is 258 g/mol. The number of benzene rings is 1. The summed E-state index contributed by atoms with van der Waals surface area (Å²) < 4.78 is 15.9. The van der Waals surface area contributed by atoms with Crippen LogP contribution >= 0.6 is 0 Å². The van der Waals surface area contributed by atoms with Crippen molar-refractivity contribution in [3.8, 4) is 5.75 Å². The molecule has 1 aromatic carbocycles. The van der Waals surface area contributed by atoms with Crippen LogP contribution in [0.25, 0.3) is 0 Å². The molecule has 1 aliphatic heterocycles. The van der Waals surface area contributed by atoms with Crippen molar-refractivity contribution in [1.82, 2.24) is 15.0 Å². The van der Waals surface area contributed by atoms with Gasteiger partial charge in [-0.15, -0.1) is 0 Å². The second-order valence-electron chi connectivity index (χ2n) is 4.78. The summed E-state index contributed by atoms with van der Waals surface area (Å²) in [7, 11) is 1.61. The maximum absolute atomic E-state index is 5.83. The van der Waals surface area contributed by atoms with Gasteiger partial charge in [-0.1, -0.05) is 23.4 Å². The lowest BCUT2D eigenvalue weighted by molar-refractivity contribution is 0.00863. The van der Waals surface area contributed by atoms with Gasteiger partial charge in [0.05, 0.1) is 6.54 Å². The van der Waals surface area contributed by atoms with E-state index in [2.05, 4.69) is 15.0 Å². The zero-order chi connectivity index (χ0) is 13.8. The molecule has 0 radical (unpaired) electrons. The first-order valence-electron chi connectivity index (χ1n) is 6.58. The van der Waals surface area contributed by atoms with Crippen LogP contribution in [0.3, 0.4) is 0 Å². The highest BCUT2D eigenvalue weighted by atomic mass is 16.5. The van der Waals surface area contributed by atoms with Gasteiger partial charge in [0.15, 0.2) is 5.82 Å². The lowest BCUT2D eigenvalue weighted by atomic mass is 10.1. The Balaban J connectivity index is 1.43. The summed E-state index contributed by atoms with van der Waals surface area (Å²) in [5.41, 5.74) is 0. The normalized spacial score (nSPS) is 16.1. The van der Waals surface area contributed by atoms with Crippen LogP contribution in [-0.4, -0.2) is 41.3 Å². The fourth-order valence-electron chi connectivity index (χ4n) is 2.15. The average Bonchev–Trinajstić information content (AvgIpc) is 2.85. The van der Waals surface area contributed by atoms with Crippen LogP contribution in [-0.2, 0) is 17.9 Å². The number of aromatic nitrogens is 2. The third-order valence-electron chi connectivity index (χ3n) is 3.11. The molecule has 0 aliphatic carbocycles. The van der Waals surface area contributed by atoms with Crippen LogP contribution in [0.1, 0.15) is 11.7 Å². The zero-order valence-corrected chi connectivity index (χ0v) is 11.4. The van der Waals surface area contributed by atoms with E-state index in [0.29, 0.717) is 24.9 Å². The van der Waals surface area contributed by atoms with Gasteiger partial charge in [0.1, 0.15) is 18.5 Å². The first-order chi connectivity index (χ1) is 9.83. The summed E-state index contributed by atoms with van der Waals surface area (Å²) in [5, 5.41) is 3.84. The Kier molecular flexibility index (Phi) is 3.94. The molecule has 0 atom stereocenters. The summed E-state index contributed by atoms with van der Waals surface area (Å²) in [5.74, 6) is 2.12. The average molecular weight is 275 g/mol. The highest BCUT2D eigenvalue weighted by Crippen LogP contribution is 2.19. The van der Waals surface area contributed by atoms with Crippen LogP contribution < -0.4 is 4.74 Å². The van der Waals surface area contributed by atoms with Gasteiger partial charge in [-0.25, -0.2) is 0 Å². The fraction of sp³-hybridized carbons (Fsp3) is 0.429. The van der Waals surface area contributed by atoms with Crippen LogP contribution in [0.2, 0.25) is 0 Å². The molecule has 0 unspecified atom stereocenters. The number of methoxy groups -OCH3 is 1. The molecule has 2 aromatic rings. The highest BCUT2D eigenvalue weighted by Gasteiger charge is 2.29. The Morgan fingerprint density at radius 2 is 2.10 bits per heavy atom. The van der Waals surface area contributed by atoms with Gasteiger partial charge < -0.3 is 14.0 Å². The molecule has 106 valence electrons. The van der Waals surface area contributed by atoms with E-state index in [4.69, 9.17) is 14.0 Å². The van der Waals surface area contributed by atoms with Crippen molar-refractivity contribution in [3.05, 3.63) is 42.0 Å². The molecule has 1 saturated heterocycles. The third kappa shape index (κ3) is 3.15. The van der Waals surface area contributed by atoms with Crippen LogP contribution in [0.15, 0.2) is 34.9 Å². The number of likely N-dealkylation sites (tertiary alicyclic amines) is 1. The molecule has 6 nitrogen and oxygen atoms in total. The fourth-order valence-corrected chi connectivity index (χ4v) is 2.15. The van der Waals surface area contributed by atoms with E-state index < -0.39 is 0 Å². The van der Waals surface area contributed by atoms with Crippen LogP contribution in [0, 0.1) is 0 Å². The Morgan fingerprint density at radius 1 is 1.30 bits per heavy atom. The molecule has 0 N–H and O–H groups in total. The van der Waals surface area contributed by atoms with E-state index in [1.807, 2.05) is 30.3 Å². The predicted molar refractivity (Wildman–Crippen MR) is 71.1 cm³/mol. The van der Waals surface area contributed by atoms with Crippen LogP contribution in [0.4, 0.5) is 0 Å². The number of ether oxygens (including phenoxy) is 2. The molecule has 2 heterocycles. The number of rotatable bonds is 6. The number of para-hydroxylation sites is 1. The zero-order valence-electron chi connectivity index (χ0n) is 11.4. The second kappa shape index (κ2) is 6.02. The molecule has 0 amide bonds. The molecular formula is C14H17N3O3. The molecule has 6 heteroatoms. The quantitative estimate of drug-likeness (QED) is 0.796. The van der Waals surface area contributed by atoms with Gasteiger partial charge in [-0.2, -0.15) is 4.98 Å². The molecule has 1 fully saturated rings. The molecule has 0 saturated carbocycles. The lowest BCUT2D eigenvalue weighted by Gasteiger charge is -2.37. The van der Waals surface area contributed by atoms with E-state index in [0.717, 1.165) is 18.8 Å². The minimum atomic E-state index is 0.235. The van der Waals surface area contributed by atoms with Crippen molar-refractivity contribution >= 4 is 0 Å². The largest absolute Gasteiger partial charge is 0.488 e. The van der Waals surface area contributed by atoms with E-state index in [1.165, 1.54) is 0 Å². The third-order valence-corrected chi connectivity index (χ3v) is 3.11. The van der Waals surface area contributed by atoms with Crippen molar-refractivity contribution in [2.45, 2.75) is 19.3 Å². The van der Waals surface area contributed by atoms with Gasteiger partial charge in [0.2, 0.25) is 5.89 Å². The van der Waals surface area contributed by atoms with Crippen molar-refractivity contribution in [2.24, 2.45) is 0 Å². The number of hydrogen-bond acceptors (Lipinski definition) is 6. The predicted octanol–water partition coefficient (Wildman–Crippen LogP) is 1.48. The van der Waals surface area contributed by atoms with Gasteiger partial charge in [-0.05, 0) is 12.1 Å².